The first-order chi connectivity index (χ1) is 6.95. The monoisotopic (exact) mass is 244 g/mol. The Balaban J connectivity index is -0.000000562. The van der Waals surface area contributed by atoms with Gasteiger partial charge in [0.15, 0.2) is 0 Å². The smallest absolute Gasteiger partial charge is 0.0256 e. The predicted octanol–water partition coefficient (Wildman–Crippen LogP) is 6.40. The average Bonchev–Trinajstić information content (AvgIpc) is 2.29. The molecule has 0 fully saturated rings. The van der Waals surface area contributed by atoms with Gasteiger partial charge >= 0.3 is 0 Å². The van der Waals surface area contributed by atoms with Gasteiger partial charge in [-0.2, -0.15) is 0 Å². The van der Waals surface area contributed by atoms with Gasteiger partial charge in [0.1, 0.15) is 0 Å². The maximum atomic E-state index is 2.12. The third-order valence-electron chi connectivity index (χ3n) is 2.07. The van der Waals surface area contributed by atoms with Crippen molar-refractivity contribution >= 4 is 12.2 Å². The Morgan fingerprint density at radius 3 is 1.00 bits per heavy atom. The van der Waals surface area contributed by atoms with Gasteiger partial charge in [0.05, 0.1) is 0 Å². The van der Waals surface area contributed by atoms with Crippen LogP contribution in [-0.2, 0) is 0 Å². The van der Waals surface area contributed by atoms with Crippen molar-refractivity contribution in [3.63, 3.8) is 0 Å². The fraction of sp³-hybridized carbons (Fsp3) is 0.222. The van der Waals surface area contributed by atoms with Crippen molar-refractivity contribution in [1.29, 1.82) is 0 Å². The highest BCUT2D eigenvalue weighted by Crippen LogP contribution is 2.06. The summed E-state index contributed by atoms with van der Waals surface area (Å²) >= 11 is 0. The zero-order chi connectivity index (χ0) is 9.64. The fourth-order valence-corrected chi connectivity index (χ4v) is 1.32. The van der Waals surface area contributed by atoms with Crippen LogP contribution in [0.15, 0.2) is 60.7 Å². The van der Waals surface area contributed by atoms with Crippen molar-refractivity contribution in [2.45, 2.75) is 29.7 Å². The quantitative estimate of drug-likeness (QED) is 0.536. The molecule has 0 N–H and O–H groups in total. The summed E-state index contributed by atoms with van der Waals surface area (Å²) in [6.45, 7) is 0. The van der Waals surface area contributed by atoms with Crippen molar-refractivity contribution in [2.24, 2.45) is 0 Å². The number of hydrogen-bond acceptors (Lipinski definition) is 0. The molecule has 0 spiro atoms. The van der Waals surface area contributed by atoms with Crippen LogP contribution >= 0.6 is 0 Å². The van der Waals surface area contributed by atoms with E-state index >= 15 is 0 Å². The molecule has 0 radical (unpaired) electrons. The molecule has 100 valence electrons. The van der Waals surface area contributed by atoms with Crippen LogP contribution in [0.1, 0.15) is 40.8 Å². The molecule has 18 heavy (non-hydrogen) atoms. The summed E-state index contributed by atoms with van der Waals surface area (Å²) < 4.78 is 0. The van der Waals surface area contributed by atoms with Crippen molar-refractivity contribution < 1.29 is 0 Å². The van der Waals surface area contributed by atoms with E-state index in [1.54, 1.807) is 0 Å². The van der Waals surface area contributed by atoms with E-state index in [0.29, 0.717) is 0 Å². The highest BCUT2D eigenvalue weighted by molar-refractivity contribution is 5.69. The summed E-state index contributed by atoms with van der Waals surface area (Å²) in [6, 6.07) is 20.6. The van der Waals surface area contributed by atoms with Crippen LogP contribution in [0.4, 0.5) is 0 Å². The molecule has 0 bridgehead atoms. The van der Waals surface area contributed by atoms with Crippen LogP contribution in [0.5, 0.6) is 0 Å². The molecule has 0 atom stereocenters. The van der Waals surface area contributed by atoms with Crippen molar-refractivity contribution in [2.75, 3.05) is 0 Å². The second kappa shape index (κ2) is 11.7. The van der Waals surface area contributed by atoms with Crippen LogP contribution in [0.3, 0.4) is 0 Å². The summed E-state index contributed by atoms with van der Waals surface area (Å²) in [5, 5.41) is 0. The Hall–Kier alpha value is -1.82. The molecule has 0 saturated heterocycles. The van der Waals surface area contributed by atoms with Crippen LogP contribution in [0, 0.1) is 0 Å². The Morgan fingerprint density at radius 1 is 0.444 bits per heavy atom. The van der Waals surface area contributed by atoms with E-state index in [2.05, 4.69) is 36.4 Å². The highest BCUT2D eigenvalue weighted by Gasteiger charge is 1.84. The van der Waals surface area contributed by atoms with E-state index < -0.39 is 0 Å². The largest absolute Gasteiger partial charge is 0.0776 e. The van der Waals surface area contributed by atoms with Crippen LogP contribution < -0.4 is 0 Å². The average molecular weight is 244 g/mol. The minimum atomic E-state index is 0. The molecule has 2 aromatic rings. The van der Waals surface area contributed by atoms with Gasteiger partial charge in [-0.25, -0.2) is 0 Å². The zero-order valence-electron chi connectivity index (χ0n) is 7.93. The van der Waals surface area contributed by atoms with Gasteiger partial charge in [-0.1, -0.05) is 103 Å². The topological polar surface area (TPSA) is 0 Å². The summed E-state index contributed by atoms with van der Waals surface area (Å²) in [4.78, 5) is 0. The summed E-state index contributed by atoms with van der Waals surface area (Å²) in [7, 11) is 0. The fourth-order valence-electron chi connectivity index (χ4n) is 1.32. The Morgan fingerprint density at radius 2 is 0.722 bits per heavy atom. The molecule has 0 saturated carbocycles. The first-order valence-electron chi connectivity index (χ1n) is 4.73. The van der Waals surface area contributed by atoms with Gasteiger partial charge in [0, 0.05) is 0 Å². The van der Waals surface area contributed by atoms with E-state index in [-0.39, 0.29) is 29.7 Å². The molecule has 0 unspecified atom stereocenters. The molecular weight excluding hydrogens is 216 g/mol. The van der Waals surface area contributed by atoms with Gasteiger partial charge in [-0.3, -0.25) is 0 Å². The maximum absolute atomic E-state index is 2.12. The summed E-state index contributed by atoms with van der Waals surface area (Å²) in [5.41, 5.74) is 2.47. The minimum Gasteiger partial charge on any atom is -0.0776 e. The van der Waals surface area contributed by atoms with Gasteiger partial charge in [0.2, 0.25) is 0 Å². The third-order valence-corrected chi connectivity index (χ3v) is 2.07. The molecule has 0 aliphatic rings. The lowest BCUT2D eigenvalue weighted by molar-refractivity contribution is 1.65. The lowest BCUT2D eigenvalue weighted by Crippen LogP contribution is -1.70. The molecule has 0 aromatic heterocycles. The summed E-state index contributed by atoms with van der Waals surface area (Å²) in [5.74, 6) is 0. The number of rotatable bonds is 2. The normalized spacial score (nSPS) is 8.22. The van der Waals surface area contributed by atoms with E-state index in [9.17, 15) is 0 Å². The molecular formula is C18H28. The minimum absolute atomic E-state index is 0. The van der Waals surface area contributed by atoms with Gasteiger partial charge < -0.3 is 0 Å². The Kier molecular flexibility index (Phi) is 13.9. The molecule has 2 aromatic carbocycles. The first kappa shape index (κ1) is 21.5. The summed E-state index contributed by atoms with van der Waals surface area (Å²) in [6.07, 6.45) is 4.24. The molecule has 0 nitrogen and oxygen atoms in total. The molecule has 0 aliphatic carbocycles. The van der Waals surface area contributed by atoms with E-state index in [0.717, 1.165) is 0 Å². The maximum Gasteiger partial charge on any atom is -0.0256 e. The van der Waals surface area contributed by atoms with Gasteiger partial charge in [-0.15, -0.1) is 0 Å². The van der Waals surface area contributed by atoms with Crippen LogP contribution in [0.2, 0.25) is 0 Å². The van der Waals surface area contributed by atoms with Gasteiger partial charge in [-0.05, 0) is 11.1 Å². The van der Waals surface area contributed by atoms with Crippen molar-refractivity contribution in [3.05, 3.63) is 71.8 Å². The molecule has 0 aliphatic heterocycles. The first-order valence-corrected chi connectivity index (χ1v) is 4.73. The van der Waals surface area contributed by atoms with Gasteiger partial charge in [0.25, 0.3) is 0 Å². The third kappa shape index (κ3) is 6.70. The number of hydrogen-bond donors (Lipinski definition) is 0. The van der Waals surface area contributed by atoms with Crippen molar-refractivity contribution in [3.8, 4) is 0 Å². The standard InChI is InChI=1S/C14H12.4CH4/c1-3-7-13(8-4-1)11-12-14-9-5-2-6-10-14;;;;/h1-12H;4*1H4/b12-11+;;;;. The Bertz CT molecular complexity index is 357. The van der Waals surface area contributed by atoms with Crippen LogP contribution in [-0.4, -0.2) is 0 Å². The second-order valence-corrected chi connectivity index (χ2v) is 3.15. The predicted molar refractivity (Wildman–Crippen MR) is 88.7 cm³/mol. The van der Waals surface area contributed by atoms with Crippen LogP contribution in [0.25, 0.3) is 12.2 Å². The van der Waals surface area contributed by atoms with E-state index in [1.807, 2.05) is 36.4 Å². The molecule has 0 heteroatoms. The zero-order valence-corrected chi connectivity index (χ0v) is 7.93. The SMILES string of the molecule is C.C.C.C.C(=C\c1ccccc1)/c1ccccc1. The van der Waals surface area contributed by atoms with E-state index in [1.165, 1.54) is 11.1 Å². The lowest BCUT2D eigenvalue weighted by atomic mass is 10.1. The number of benzene rings is 2. The molecule has 0 amide bonds. The van der Waals surface area contributed by atoms with E-state index in [4.69, 9.17) is 0 Å². The molecule has 0 heterocycles. The van der Waals surface area contributed by atoms with Crippen molar-refractivity contribution in [1.82, 2.24) is 0 Å². The lowest BCUT2D eigenvalue weighted by Gasteiger charge is -1.92. The highest BCUT2D eigenvalue weighted by atomic mass is 13.9. The molecule has 2 rings (SSSR count). The Labute approximate surface area is 114 Å². The second-order valence-electron chi connectivity index (χ2n) is 3.15.